The van der Waals surface area contributed by atoms with Crippen LogP contribution >= 0.6 is 0 Å². The van der Waals surface area contributed by atoms with Crippen LogP contribution in [-0.4, -0.2) is 4.57 Å². The molecule has 2 nitrogen and oxygen atoms in total. The molecule has 2 aromatic carbocycles. The van der Waals surface area contributed by atoms with E-state index in [0.29, 0.717) is 6.42 Å². The number of nitrogens with zero attached hydrogens (tertiary/aromatic N) is 2. The second-order valence-electron chi connectivity index (χ2n) is 5.00. The van der Waals surface area contributed by atoms with E-state index in [1.807, 2.05) is 24.3 Å². The first-order valence-corrected chi connectivity index (χ1v) is 6.99. The molecule has 21 heavy (non-hydrogen) atoms. The summed E-state index contributed by atoms with van der Waals surface area (Å²) in [4.78, 5) is 0. The molecule has 0 bridgehead atoms. The van der Waals surface area contributed by atoms with E-state index in [1.54, 1.807) is 12.1 Å². The Balaban J connectivity index is 2.17. The fourth-order valence-electron chi connectivity index (χ4n) is 2.82. The standard InChI is InChI=1S/C18H15FN2/c1-2-21-17-6-4-3-5-15(17)16(12-20)18(21)11-13-7-9-14(19)10-8-13/h3-10H,2,11H2,1H3. The minimum atomic E-state index is -0.240. The van der Waals surface area contributed by atoms with Crippen molar-refractivity contribution in [2.24, 2.45) is 0 Å². The van der Waals surface area contributed by atoms with Crippen molar-refractivity contribution in [1.29, 1.82) is 5.26 Å². The highest BCUT2D eigenvalue weighted by atomic mass is 19.1. The summed E-state index contributed by atoms with van der Waals surface area (Å²) in [6.45, 7) is 2.88. The molecule has 3 rings (SSSR count). The number of aromatic nitrogens is 1. The lowest BCUT2D eigenvalue weighted by molar-refractivity contribution is 0.627. The van der Waals surface area contributed by atoms with Crippen LogP contribution < -0.4 is 0 Å². The van der Waals surface area contributed by atoms with Crippen LogP contribution in [0.2, 0.25) is 0 Å². The van der Waals surface area contributed by atoms with E-state index in [0.717, 1.165) is 34.3 Å². The second kappa shape index (κ2) is 5.41. The number of hydrogen-bond acceptors (Lipinski definition) is 1. The molecule has 0 aliphatic heterocycles. The molecular formula is C18H15FN2. The zero-order valence-electron chi connectivity index (χ0n) is 11.8. The summed E-state index contributed by atoms with van der Waals surface area (Å²) in [5.41, 5.74) is 3.80. The van der Waals surface area contributed by atoms with Crippen LogP contribution in [0.15, 0.2) is 48.5 Å². The zero-order valence-corrected chi connectivity index (χ0v) is 11.8. The summed E-state index contributed by atoms with van der Waals surface area (Å²) in [7, 11) is 0. The van der Waals surface area contributed by atoms with Gasteiger partial charge in [0.2, 0.25) is 0 Å². The van der Waals surface area contributed by atoms with Crippen LogP contribution in [0.4, 0.5) is 4.39 Å². The van der Waals surface area contributed by atoms with Crippen molar-refractivity contribution in [3.63, 3.8) is 0 Å². The molecule has 104 valence electrons. The lowest BCUT2D eigenvalue weighted by Gasteiger charge is -2.08. The van der Waals surface area contributed by atoms with Crippen molar-refractivity contribution in [2.45, 2.75) is 19.9 Å². The van der Waals surface area contributed by atoms with Gasteiger partial charge in [-0.05, 0) is 30.7 Å². The molecule has 0 N–H and O–H groups in total. The van der Waals surface area contributed by atoms with Gasteiger partial charge in [0.25, 0.3) is 0 Å². The van der Waals surface area contributed by atoms with E-state index < -0.39 is 0 Å². The van der Waals surface area contributed by atoms with Crippen molar-refractivity contribution in [3.8, 4) is 6.07 Å². The molecule has 0 aliphatic rings. The lowest BCUT2D eigenvalue weighted by Crippen LogP contribution is -2.03. The van der Waals surface area contributed by atoms with Crippen molar-refractivity contribution >= 4 is 10.9 Å². The number of nitriles is 1. The SMILES string of the molecule is CCn1c(Cc2ccc(F)cc2)c(C#N)c2ccccc21. The van der Waals surface area contributed by atoms with Crippen LogP contribution in [0.1, 0.15) is 23.7 Å². The molecule has 0 radical (unpaired) electrons. The highest BCUT2D eigenvalue weighted by Gasteiger charge is 2.16. The molecule has 0 spiro atoms. The van der Waals surface area contributed by atoms with Crippen molar-refractivity contribution < 1.29 is 4.39 Å². The van der Waals surface area contributed by atoms with Crippen LogP contribution in [0.5, 0.6) is 0 Å². The van der Waals surface area contributed by atoms with E-state index in [4.69, 9.17) is 0 Å². The van der Waals surface area contributed by atoms with Gasteiger partial charge in [-0.25, -0.2) is 4.39 Å². The molecule has 1 heterocycles. The van der Waals surface area contributed by atoms with Gasteiger partial charge < -0.3 is 4.57 Å². The van der Waals surface area contributed by atoms with Crippen LogP contribution in [0, 0.1) is 17.1 Å². The molecule has 0 unspecified atom stereocenters. The molecule has 0 aliphatic carbocycles. The number of halogens is 1. The van der Waals surface area contributed by atoms with Gasteiger partial charge in [0, 0.05) is 29.6 Å². The first-order chi connectivity index (χ1) is 10.2. The van der Waals surface area contributed by atoms with E-state index >= 15 is 0 Å². The first-order valence-electron chi connectivity index (χ1n) is 6.99. The summed E-state index contributed by atoms with van der Waals surface area (Å²) in [6.07, 6.45) is 0.631. The molecular weight excluding hydrogens is 263 g/mol. The molecule has 0 atom stereocenters. The summed E-state index contributed by atoms with van der Waals surface area (Å²) in [5, 5.41) is 10.5. The second-order valence-corrected chi connectivity index (χ2v) is 5.00. The summed E-state index contributed by atoms with van der Waals surface area (Å²) in [5.74, 6) is -0.240. The fourth-order valence-corrected chi connectivity index (χ4v) is 2.82. The van der Waals surface area contributed by atoms with Gasteiger partial charge in [0.15, 0.2) is 0 Å². The number of aryl methyl sites for hydroxylation is 1. The van der Waals surface area contributed by atoms with Gasteiger partial charge in [-0.15, -0.1) is 0 Å². The van der Waals surface area contributed by atoms with Gasteiger partial charge in [-0.1, -0.05) is 30.3 Å². The molecule has 1 aromatic heterocycles. The van der Waals surface area contributed by atoms with Gasteiger partial charge in [-0.3, -0.25) is 0 Å². The minimum Gasteiger partial charge on any atom is -0.343 e. The Kier molecular flexibility index (Phi) is 3.45. The summed E-state index contributed by atoms with van der Waals surface area (Å²) < 4.78 is 15.2. The topological polar surface area (TPSA) is 28.7 Å². The summed E-state index contributed by atoms with van der Waals surface area (Å²) >= 11 is 0. The predicted molar refractivity (Wildman–Crippen MR) is 81.5 cm³/mol. The fraction of sp³-hybridized carbons (Fsp3) is 0.167. The Labute approximate surface area is 123 Å². The van der Waals surface area contributed by atoms with E-state index in [9.17, 15) is 9.65 Å². The van der Waals surface area contributed by atoms with Gasteiger partial charge in [0.1, 0.15) is 11.9 Å². The van der Waals surface area contributed by atoms with Crippen LogP contribution in [0.25, 0.3) is 10.9 Å². The Morgan fingerprint density at radius 1 is 1.10 bits per heavy atom. The number of rotatable bonds is 3. The summed E-state index contributed by atoms with van der Waals surface area (Å²) in [6, 6.07) is 16.7. The predicted octanol–water partition coefficient (Wildman–Crippen LogP) is 4.26. The molecule has 0 saturated heterocycles. The van der Waals surface area contributed by atoms with E-state index in [-0.39, 0.29) is 5.82 Å². The molecule has 3 aromatic rings. The molecule has 0 saturated carbocycles. The number of benzene rings is 2. The van der Waals surface area contributed by atoms with Crippen molar-refractivity contribution in [3.05, 3.63) is 71.2 Å². The quantitative estimate of drug-likeness (QED) is 0.703. The smallest absolute Gasteiger partial charge is 0.123 e. The highest BCUT2D eigenvalue weighted by Crippen LogP contribution is 2.27. The number of para-hydroxylation sites is 1. The van der Waals surface area contributed by atoms with Crippen LogP contribution in [0.3, 0.4) is 0 Å². The van der Waals surface area contributed by atoms with Gasteiger partial charge in [0.05, 0.1) is 5.56 Å². The van der Waals surface area contributed by atoms with Crippen molar-refractivity contribution in [2.75, 3.05) is 0 Å². The zero-order chi connectivity index (χ0) is 14.8. The molecule has 0 fully saturated rings. The maximum atomic E-state index is 13.0. The number of fused-ring (bicyclic) bond motifs is 1. The Morgan fingerprint density at radius 2 is 1.81 bits per heavy atom. The van der Waals surface area contributed by atoms with E-state index in [1.165, 1.54) is 12.1 Å². The monoisotopic (exact) mass is 278 g/mol. The Bertz CT molecular complexity index is 823. The largest absolute Gasteiger partial charge is 0.343 e. The third-order valence-electron chi connectivity index (χ3n) is 3.79. The normalized spacial score (nSPS) is 10.7. The van der Waals surface area contributed by atoms with Crippen LogP contribution in [-0.2, 0) is 13.0 Å². The van der Waals surface area contributed by atoms with Crippen molar-refractivity contribution in [1.82, 2.24) is 4.57 Å². The van der Waals surface area contributed by atoms with Gasteiger partial charge in [-0.2, -0.15) is 5.26 Å². The Hall–Kier alpha value is -2.60. The average molecular weight is 278 g/mol. The highest BCUT2D eigenvalue weighted by molar-refractivity contribution is 5.88. The molecule has 3 heteroatoms. The third kappa shape index (κ3) is 2.30. The maximum absolute atomic E-state index is 13.0. The molecule has 0 amide bonds. The average Bonchev–Trinajstić information content (AvgIpc) is 2.82. The Morgan fingerprint density at radius 3 is 2.48 bits per heavy atom. The van der Waals surface area contributed by atoms with Gasteiger partial charge >= 0.3 is 0 Å². The minimum absolute atomic E-state index is 0.240. The lowest BCUT2D eigenvalue weighted by atomic mass is 10.1. The number of hydrogen-bond donors (Lipinski definition) is 0. The first kappa shape index (κ1) is 13.4. The van der Waals surface area contributed by atoms with E-state index in [2.05, 4.69) is 17.6 Å². The maximum Gasteiger partial charge on any atom is 0.123 e. The third-order valence-corrected chi connectivity index (χ3v) is 3.79.